The van der Waals surface area contributed by atoms with Gasteiger partial charge < -0.3 is 9.64 Å². The molecular weight excluding hydrogens is 216 g/mol. The SMILES string of the molecule is CN1[C@@H]2CC[C@H]1CC(Oc1cccc(=O)[nH]1)C2. The average molecular weight is 234 g/mol. The fourth-order valence-corrected chi connectivity index (χ4v) is 3.13. The van der Waals surface area contributed by atoms with E-state index < -0.39 is 0 Å². The first-order valence-electron chi connectivity index (χ1n) is 6.30. The quantitative estimate of drug-likeness (QED) is 0.841. The molecule has 3 rings (SSSR count). The Hall–Kier alpha value is -1.29. The zero-order chi connectivity index (χ0) is 11.8. The van der Waals surface area contributed by atoms with E-state index in [0.717, 1.165) is 12.8 Å². The lowest BCUT2D eigenvalue weighted by molar-refractivity contribution is 0.0631. The normalized spacial score (nSPS) is 32.6. The van der Waals surface area contributed by atoms with Crippen LogP contribution in [0.1, 0.15) is 25.7 Å². The zero-order valence-electron chi connectivity index (χ0n) is 10.1. The van der Waals surface area contributed by atoms with Gasteiger partial charge in [0.15, 0.2) is 5.88 Å². The predicted octanol–water partition coefficient (Wildman–Crippen LogP) is 1.38. The molecule has 3 heterocycles. The summed E-state index contributed by atoms with van der Waals surface area (Å²) < 4.78 is 5.88. The van der Waals surface area contributed by atoms with Gasteiger partial charge in [0.05, 0.1) is 0 Å². The van der Waals surface area contributed by atoms with Gasteiger partial charge >= 0.3 is 0 Å². The van der Waals surface area contributed by atoms with E-state index in [1.165, 1.54) is 18.9 Å². The topological polar surface area (TPSA) is 45.3 Å². The second-order valence-corrected chi connectivity index (χ2v) is 5.14. The van der Waals surface area contributed by atoms with Gasteiger partial charge in [0, 0.05) is 18.2 Å². The van der Waals surface area contributed by atoms with Gasteiger partial charge in [-0.2, -0.15) is 0 Å². The van der Waals surface area contributed by atoms with Crippen LogP contribution in [0.5, 0.6) is 5.88 Å². The predicted molar refractivity (Wildman–Crippen MR) is 65.3 cm³/mol. The minimum Gasteiger partial charge on any atom is -0.475 e. The molecule has 0 radical (unpaired) electrons. The summed E-state index contributed by atoms with van der Waals surface area (Å²) in [5.41, 5.74) is -0.0987. The number of hydrogen-bond donors (Lipinski definition) is 1. The molecule has 1 N–H and O–H groups in total. The van der Waals surface area contributed by atoms with Crippen LogP contribution in [-0.2, 0) is 0 Å². The van der Waals surface area contributed by atoms with Gasteiger partial charge in [0.1, 0.15) is 6.10 Å². The van der Waals surface area contributed by atoms with Crippen molar-refractivity contribution in [3.05, 3.63) is 28.6 Å². The van der Waals surface area contributed by atoms with Crippen molar-refractivity contribution >= 4 is 0 Å². The molecule has 2 saturated heterocycles. The van der Waals surface area contributed by atoms with Gasteiger partial charge in [-0.15, -0.1) is 0 Å². The van der Waals surface area contributed by atoms with E-state index in [-0.39, 0.29) is 11.7 Å². The number of aromatic nitrogens is 1. The first kappa shape index (κ1) is 10.8. The van der Waals surface area contributed by atoms with Crippen LogP contribution in [0.3, 0.4) is 0 Å². The van der Waals surface area contributed by atoms with Crippen LogP contribution in [0.25, 0.3) is 0 Å². The first-order chi connectivity index (χ1) is 8.22. The molecule has 0 aromatic carbocycles. The van der Waals surface area contributed by atoms with Gasteiger partial charge in [-0.25, -0.2) is 0 Å². The lowest BCUT2D eigenvalue weighted by Gasteiger charge is -2.36. The molecular formula is C13H18N2O2. The molecule has 0 amide bonds. The molecule has 4 heteroatoms. The third-order valence-corrected chi connectivity index (χ3v) is 4.09. The number of hydrogen-bond acceptors (Lipinski definition) is 3. The largest absolute Gasteiger partial charge is 0.475 e. The number of rotatable bonds is 2. The Kier molecular flexibility index (Phi) is 2.67. The number of pyridine rings is 1. The zero-order valence-corrected chi connectivity index (χ0v) is 10.1. The number of piperidine rings is 1. The Morgan fingerprint density at radius 3 is 2.65 bits per heavy atom. The molecule has 2 aliphatic rings. The van der Waals surface area contributed by atoms with Gasteiger partial charge in [0.25, 0.3) is 5.56 Å². The Labute approximate surface area is 101 Å². The highest BCUT2D eigenvalue weighted by Gasteiger charge is 2.39. The van der Waals surface area contributed by atoms with Crippen LogP contribution >= 0.6 is 0 Å². The van der Waals surface area contributed by atoms with Crippen LogP contribution < -0.4 is 10.3 Å². The van der Waals surface area contributed by atoms with Crippen molar-refractivity contribution in [2.75, 3.05) is 7.05 Å². The fraction of sp³-hybridized carbons (Fsp3) is 0.615. The maximum atomic E-state index is 11.2. The third-order valence-electron chi connectivity index (χ3n) is 4.09. The van der Waals surface area contributed by atoms with E-state index in [0.29, 0.717) is 18.0 Å². The van der Waals surface area contributed by atoms with Gasteiger partial charge in [-0.1, -0.05) is 6.07 Å². The molecule has 2 bridgehead atoms. The molecule has 1 aromatic heterocycles. The molecule has 4 nitrogen and oxygen atoms in total. The summed E-state index contributed by atoms with van der Waals surface area (Å²) in [6, 6.07) is 6.38. The minimum absolute atomic E-state index is 0.0987. The standard InChI is InChI=1S/C13H18N2O2/c1-15-9-5-6-10(15)8-11(7-9)17-13-4-2-3-12(16)14-13/h2-4,9-11H,5-8H2,1H3,(H,14,16)/t9-,10+,11?. The summed E-state index contributed by atoms with van der Waals surface area (Å²) in [7, 11) is 2.21. The highest BCUT2D eigenvalue weighted by atomic mass is 16.5. The monoisotopic (exact) mass is 234 g/mol. The summed E-state index contributed by atoms with van der Waals surface area (Å²) in [4.78, 5) is 16.4. The van der Waals surface area contributed by atoms with Crippen molar-refractivity contribution in [3.63, 3.8) is 0 Å². The molecule has 0 aliphatic carbocycles. The van der Waals surface area contributed by atoms with Crippen molar-refractivity contribution in [1.29, 1.82) is 0 Å². The smallest absolute Gasteiger partial charge is 0.250 e. The Balaban J connectivity index is 1.69. The minimum atomic E-state index is -0.0987. The lowest BCUT2D eigenvalue weighted by atomic mass is 10.0. The molecule has 2 fully saturated rings. The van der Waals surface area contributed by atoms with Crippen molar-refractivity contribution < 1.29 is 4.74 Å². The maximum Gasteiger partial charge on any atom is 0.250 e. The summed E-state index contributed by atoms with van der Waals surface area (Å²) >= 11 is 0. The van der Waals surface area contributed by atoms with Crippen molar-refractivity contribution in [3.8, 4) is 5.88 Å². The average Bonchev–Trinajstić information content (AvgIpc) is 2.52. The number of H-pyrrole nitrogens is 1. The van der Waals surface area contributed by atoms with E-state index in [1.807, 2.05) is 6.07 Å². The van der Waals surface area contributed by atoms with Gasteiger partial charge in [0.2, 0.25) is 0 Å². The molecule has 1 unspecified atom stereocenters. The van der Waals surface area contributed by atoms with Crippen LogP contribution in [0.4, 0.5) is 0 Å². The van der Waals surface area contributed by atoms with Crippen molar-refractivity contribution in [1.82, 2.24) is 9.88 Å². The number of ether oxygens (including phenoxy) is 1. The highest BCUT2D eigenvalue weighted by molar-refractivity contribution is 5.10. The summed E-state index contributed by atoms with van der Waals surface area (Å²) in [6.07, 6.45) is 4.97. The van der Waals surface area contributed by atoms with Crippen molar-refractivity contribution in [2.24, 2.45) is 0 Å². The number of nitrogens with one attached hydrogen (secondary N) is 1. The fourth-order valence-electron chi connectivity index (χ4n) is 3.13. The van der Waals surface area contributed by atoms with Gasteiger partial charge in [-0.3, -0.25) is 9.78 Å². The number of aromatic amines is 1. The molecule has 0 saturated carbocycles. The first-order valence-corrected chi connectivity index (χ1v) is 6.30. The van der Waals surface area contributed by atoms with Crippen LogP contribution in [0.15, 0.2) is 23.0 Å². The Bertz CT molecular complexity index is 443. The summed E-state index contributed by atoms with van der Waals surface area (Å²) in [5.74, 6) is 0.603. The van der Waals surface area contributed by atoms with Crippen LogP contribution in [0, 0.1) is 0 Å². The molecule has 17 heavy (non-hydrogen) atoms. The van der Waals surface area contributed by atoms with Crippen LogP contribution in [-0.4, -0.2) is 35.1 Å². The molecule has 2 aliphatic heterocycles. The van der Waals surface area contributed by atoms with E-state index in [1.54, 1.807) is 6.07 Å². The molecule has 3 atom stereocenters. The Morgan fingerprint density at radius 2 is 2.00 bits per heavy atom. The van der Waals surface area contributed by atoms with E-state index >= 15 is 0 Å². The third kappa shape index (κ3) is 2.09. The van der Waals surface area contributed by atoms with E-state index in [2.05, 4.69) is 16.9 Å². The van der Waals surface area contributed by atoms with Crippen molar-refractivity contribution in [2.45, 2.75) is 43.9 Å². The second-order valence-electron chi connectivity index (χ2n) is 5.14. The maximum absolute atomic E-state index is 11.2. The molecule has 1 aromatic rings. The summed E-state index contributed by atoms with van der Waals surface area (Å²) in [5, 5.41) is 0. The lowest BCUT2D eigenvalue weighted by Crippen LogP contribution is -2.44. The van der Waals surface area contributed by atoms with Gasteiger partial charge in [-0.05, 0) is 38.8 Å². The van der Waals surface area contributed by atoms with E-state index in [9.17, 15) is 4.79 Å². The highest BCUT2D eigenvalue weighted by Crippen LogP contribution is 2.35. The molecule has 92 valence electrons. The number of fused-ring (bicyclic) bond motifs is 2. The summed E-state index contributed by atoms with van der Waals surface area (Å²) in [6.45, 7) is 0. The second kappa shape index (κ2) is 4.18. The Morgan fingerprint density at radius 1 is 1.29 bits per heavy atom. The number of nitrogens with zero attached hydrogens (tertiary/aromatic N) is 1. The van der Waals surface area contributed by atoms with E-state index in [4.69, 9.17) is 4.74 Å². The van der Waals surface area contributed by atoms with Crippen LogP contribution in [0.2, 0.25) is 0 Å². The molecule has 0 spiro atoms.